The highest BCUT2D eigenvalue weighted by Crippen LogP contribution is 2.06. The lowest BCUT2D eigenvalue weighted by Crippen LogP contribution is -2.38. The van der Waals surface area contributed by atoms with Gasteiger partial charge in [0.2, 0.25) is 0 Å². The fourth-order valence-corrected chi connectivity index (χ4v) is 2.04. The van der Waals surface area contributed by atoms with Gasteiger partial charge in [-0.25, -0.2) is 5.14 Å². The number of hydrogen-bond donors (Lipinski definition) is 2. The van der Waals surface area contributed by atoms with Gasteiger partial charge in [-0.2, -0.15) is 13.1 Å². The molecule has 1 unspecified atom stereocenters. The maximum absolute atomic E-state index is 10.8. The Morgan fingerprint density at radius 1 is 1.33 bits per heavy atom. The molecule has 0 aliphatic heterocycles. The quantitative estimate of drug-likeness (QED) is 0.797. The third-order valence-corrected chi connectivity index (χ3v) is 2.76. The summed E-state index contributed by atoms with van der Waals surface area (Å²) in [5.41, 5.74) is 2.27. The summed E-state index contributed by atoms with van der Waals surface area (Å²) in [5.74, 6) is 0. The van der Waals surface area contributed by atoms with Crippen molar-refractivity contribution in [3.05, 3.63) is 35.4 Å². The fourth-order valence-electron chi connectivity index (χ4n) is 1.40. The maximum atomic E-state index is 10.8. The van der Waals surface area contributed by atoms with E-state index in [0.717, 1.165) is 5.56 Å². The van der Waals surface area contributed by atoms with Crippen LogP contribution >= 0.6 is 0 Å². The van der Waals surface area contributed by atoms with Crippen molar-refractivity contribution >= 4 is 10.2 Å². The molecular weight excluding hydrogens is 212 g/mol. The molecule has 0 amide bonds. The molecule has 3 N–H and O–H groups in total. The molecule has 0 radical (unpaired) electrons. The molecule has 15 heavy (non-hydrogen) atoms. The second kappa shape index (κ2) is 4.74. The molecule has 0 aliphatic rings. The average molecular weight is 228 g/mol. The lowest BCUT2D eigenvalue weighted by molar-refractivity contribution is 0.561. The van der Waals surface area contributed by atoms with Gasteiger partial charge in [0.05, 0.1) is 0 Å². The molecule has 0 saturated heterocycles. The minimum Gasteiger partial charge on any atom is -0.216 e. The molecular formula is C10H16N2O2S. The van der Waals surface area contributed by atoms with E-state index in [1.165, 1.54) is 5.56 Å². The van der Waals surface area contributed by atoms with Crippen molar-refractivity contribution in [1.29, 1.82) is 0 Å². The monoisotopic (exact) mass is 228 g/mol. The summed E-state index contributed by atoms with van der Waals surface area (Å²) in [4.78, 5) is 0. The molecule has 1 atom stereocenters. The number of benzene rings is 1. The summed E-state index contributed by atoms with van der Waals surface area (Å²) in [6.07, 6.45) is 0.636. The fraction of sp³-hybridized carbons (Fsp3) is 0.400. The Hall–Kier alpha value is -0.910. The Labute approximate surface area is 90.7 Å². The predicted octanol–water partition coefficient (Wildman–Crippen LogP) is 0.719. The van der Waals surface area contributed by atoms with E-state index in [2.05, 4.69) is 4.72 Å². The van der Waals surface area contributed by atoms with Gasteiger partial charge in [0.25, 0.3) is 10.2 Å². The van der Waals surface area contributed by atoms with E-state index in [1.807, 2.05) is 31.2 Å². The Morgan fingerprint density at radius 3 is 2.33 bits per heavy atom. The largest absolute Gasteiger partial charge is 0.274 e. The summed E-state index contributed by atoms with van der Waals surface area (Å²) in [6.45, 7) is 3.79. The van der Waals surface area contributed by atoms with Crippen molar-refractivity contribution in [1.82, 2.24) is 4.72 Å². The van der Waals surface area contributed by atoms with Crippen molar-refractivity contribution in [2.45, 2.75) is 26.3 Å². The minimum atomic E-state index is -3.60. The number of aryl methyl sites for hydroxylation is 1. The second-order valence-electron chi connectivity index (χ2n) is 3.75. The zero-order chi connectivity index (χ0) is 11.5. The Morgan fingerprint density at radius 2 is 1.87 bits per heavy atom. The van der Waals surface area contributed by atoms with Crippen LogP contribution in [0.3, 0.4) is 0 Å². The van der Waals surface area contributed by atoms with Gasteiger partial charge in [0.15, 0.2) is 0 Å². The first kappa shape index (κ1) is 12.2. The van der Waals surface area contributed by atoms with E-state index >= 15 is 0 Å². The van der Waals surface area contributed by atoms with Crippen molar-refractivity contribution in [2.75, 3.05) is 0 Å². The van der Waals surface area contributed by atoms with E-state index in [0.29, 0.717) is 6.42 Å². The zero-order valence-corrected chi connectivity index (χ0v) is 9.71. The molecule has 0 fully saturated rings. The third-order valence-electron chi connectivity index (χ3n) is 2.03. The molecule has 0 aromatic heterocycles. The molecule has 0 bridgehead atoms. The molecule has 0 aliphatic carbocycles. The van der Waals surface area contributed by atoms with Crippen LogP contribution in [0, 0.1) is 6.92 Å². The number of nitrogens with one attached hydrogen (secondary N) is 1. The summed E-state index contributed by atoms with van der Waals surface area (Å²) < 4.78 is 23.8. The van der Waals surface area contributed by atoms with Crippen LogP contribution in [-0.4, -0.2) is 14.5 Å². The highest BCUT2D eigenvalue weighted by molar-refractivity contribution is 7.87. The van der Waals surface area contributed by atoms with Crippen LogP contribution in [0.15, 0.2) is 24.3 Å². The van der Waals surface area contributed by atoms with Crippen molar-refractivity contribution < 1.29 is 8.42 Å². The van der Waals surface area contributed by atoms with Crippen LogP contribution in [0.4, 0.5) is 0 Å². The van der Waals surface area contributed by atoms with Crippen LogP contribution in [0.25, 0.3) is 0 Å². The Bertz CT molecular complexity index is 412. The van der Waals surface area contributed by atoms with Crippen LogP contribution in [0.2, 0.25) is 0 Å². The summed E-state index contributed by atoms with van der Waals surface area (Å²) in [7, 11) is -3.60. The van der Waals surface area contributed by atoms with Gasteiger partial charge in [0.1, 0.15) is 0 Å². The number of hydrogen-bond acceptors (Lipinski definition) is 2. The molecule has 5 heteroatoms. The van der Waals surface area contributed by atoms with Gasteiger partial charge in [-0.15, -0.1) is 0 Å². The van der Waals surface area contributed by atoms with Crippen molar-refractivity contribution in [2.24, 2.45) is 5.14 Å². The van der Waals surface area contributed by atoms with Gasteiger partial charge >= 0.3 is 0 Å². The average Bonchev–Trinajstić information content (AvgIpc) is 2.05. The topological polar surface area (TPSA) is 72.2 Å². The molecule has 0 saturated carbocycles. The molecule has 0 heterocycles. The second-order valence-corrected chi connectivity index (χ2v) is 5.08. The normalized spacial score (nSPS) is 13.8. The predicted molar refractivity (Wildman–Crippen MR) is 60.6 cm³/mol. The van der Waals surface area contributed by atoms with Crippen LogP contribution in [0.5, 0.6) is 0 Å². The standard InChI is InChI=1S/C10H16N2O2S/c1-8-3-5-10(6-4-8)7-9(2)12-15(11,13)14/h3-6,9,12H,7H2,1-2H3,(H2,11,13,14). The zero-order valence-electron chi connectivity index (χ0n) is 8.90. The third kappa shape index (κ3) is 4.92. The molecule has 1 aromatic rings. The van der Waals surface area contributed by atoms with Crippen LogP contribution < -0.4 is 9.86 Å². The van der Waals surface area contributed by atoms with E-state index in [9.17, 15) is 8.42 Å². The first-order valence-electron chi connectivity index (χ1n) is 4.72. The van der Waals surface area contributed by atoms with Gasteiger partial charge in [-0.05, 0) is 25.8 Å². The Balaban J connectivity index is 2.59. The lowest BCUT2D eigenvalue weighted by atomic mass is 10.1. The first-order chi connectivity index (χ1) is 6.87. The SMILES string of the molecule is Cc1ccc(CC(C)NS(N)(=O)=O)cc1. The van der Waals surface area contributed by atoms with Gasteiger partial charge in [-0.3, -0.25) is 0 Å². The highest BCUT2D eigenvalue weighted by atomic mass is 32.2. The minimum absolute atomic E-state index is 0.192. The molecule has 1 rings (SSSR count). The number of nitrogens with two attached hydrogens (primary N) is 1. The molecule has 84 valence electrons. The molecule has 1 aromatic carbocycles. The first-order valence-corrected chi connectivity index (χ1v) is 6.27. The summed E-state index contributed by atoms with van der Waals surface area (Å²) in [5, 5.41) is 4.88. The van der Waals surface area contributed by atoms with Crippen LogP contribution in [-0.2, 0) is 16.6 Å². The van der Waals surface area contributed by atoms with E-state index in [1.54, 1.807) is 6.92 Å². The summed E-state index contributed by atoms with van der Waals surface area (Å²) >= 11 is 0. The lowest BCUT2D eigenvalue weighted by Gasteiger charge is -2.11. The number of rotatable bonds is 4. The van der Waals surface area contributed by atoms with Crippen LogP contribution in [0.1, 0.15) is 18.1 Å². The van der Waals surface area contributed by atoms with E-state index in [4.69, 9.17) is 5.14 Å². The molecule has 0 spiro atoms. The summed E-state index contributed by atoms with van der Waals surface area (Å²) in [6, 6.07) is 7.77. The Kier molecular flexibility index (Phi) is 3.84. The van der Waals surface area contributed by atoms with Gasteiger partial charge < -0.3 is 0 Å². The van der Waals surface area contributed by atoms with E-state index in [-0.39, 0.29) is 6.04 Å². The van der Waals surface area contributed by atoms with Crippen molar-refractivity contribution in [3.8, 4) is 0 Å². The highest BCUT2D eigenvalue weighted by Gasteiger charge is 2.09. The smallest absolute Gasteiger partial charge is 0.216 e. The van der Waals surface area contributed by atoms with Gasteiger partial charge in [0, 0.05) is 6.04 Å². The van der Waals surface area contributed by atoms with Crippen molar-refractivity contribution in [3.63, 3.8) is 0 Å². The molecule has 4 nitrogen and oxygen atoms in total. The maximum Gasteiger partial charge on any atom is 0.274 e. The van der Waals surface area contributed by atoms with E-state index < -0.39 is 10.2 Å². The van der Waals surface area contributed by atoms with Gasteiger partial charge in [-0.1, -0.05) is 29.8 Å².